The van der Waals surface area contributed by atoms with Crippen LogP contribution in [0, 0.1) is 0 Å². The predicted molar refractivity (Wildman–Crippen MR) is 68.0 cm³/mol. The van der Waals surface area contributed by atoms with Gasteiger partial charge in [0.25, 0.3) is 10.0 Å². The van der Waals surface area contributed by atoms with Crippen molar-refractivity contribution in [1.82, 2.24) is 5.32 Å². The van der Waals surface area contributed by atoms with E-state index in [1.54, 1.807) is 12.1 Å². The molecule has 0 bridgehead atoms. The van der Waals surface area contributed by atoms with Gasteiger partial charge in [0, 0.05) is 11.1 Å². The van der Waals surface area contributed by atoms with E-state index in [1.165, 1.54) is 6.07 Å². The van der Waals surface area contributed by atoms with Crippen molar-refractivity contribution in [3.05, 3.63) is 23.2 Å². The Bertz CT molecular complexity index is 581. The lowest BCUT2D eigenvalue weighted by Gasteiger charge is -2.20. The zero-order valence-corrected chi connectivity index (χ0v) is 10.9. The monoisotopic (exact) mass is 273 g/mol. The maximum atomic E-state index is 11.9. The van der Waals surface area contributed by atoms with E-state index < -0.39 is 10.0 Å². The van der Waals surface area contributed by atoms with Gasteiger partial charge < -0.3 is 10.6 Å². The first-order valence-corrected chi connectivity index (χ1v) is 6.88. The Balaban J connectivity index is 2.47. The smallest absolute Gasteiger partial charge is 0.287 e. The van der Waals surface area contributed by atoms with Crippen molar-refractivity contribution in [2.24, 2.45) is 4.40 Å². The molecule has 0 unspecified atom stereocenters. The molecule has 17 heavy (non-hydrogen) atoms. The summed E-state index contributed by atoms with van der Waals surface area (Å²) in [6.45, 7) is 3.79. The van der Waals surface area contributed by atoms with Crippen LogP contribution in [-0.2, 0) is 10.0 Å². The van der Waals surface area contributed by atoms with Gasteiger partial charge in [0.05, 0.1) is 5.69 Å². The van der Waals surface area contributed by atoms with Gasteiger partial charge >= 0.3 is 0 Å². The van der Waals surface area contributed by atoms with E-state index in [-0.39, 0.29) is 16.9 Å². The fourth-order valence-electron chi connectivity index (χ4n) is 1.47. The maximum absolute atomic E-state index is 11.9. The average molecular weight is 274 g/mol. The average Bonchev–Trinajstić information content (AvgIpc) is 2.17. The van der Waals surface area contributed by atoms with Crippen LogP contribution in [0.3, 0.4) is 0 Å². The first-order chi connectivity index (χ1) is 7.88. The summed E-state index contributed by atoms with van der Waals surface area (Å²) in [5, 5.41) is 6.20. The fraction of sp³-hybridized carbons (Fsp3) is 0.300. The van der Waals surface area contributed by atoms with E-state index in [0.29, 0.717) is 10.7 Å². The molecular formula is C10H12ClN3O2S. The Morgan fingerprint density at radius 1 is 1.41 bits per heavy atom. The number of anilines is 1. The number of nitrogens with one attached hydrogen (secondary N) is 2. The largest absolute Gasteiger partial charge is 0.353 e. The molecule has 7 heteroatoms. The molecule has 0 saturated carbocycles. The highest BCUT2D eigenvalue weighted by Crippen LogP contribution is 2.29. The van der Waals surface area contributed by atoms with Crippen molar-refractivity contribution in [1.29, 1.82) is 0 Å². The molecule has 0 aliphatic carbocycles. The van der Waals surface area contributed by atoms with E-state index in [1.807, 2.05) is 13.8 Å². The summed E-state index contributed by atoms with van der Waals surface area (Å²) in [5.41, 5.74) is 0.479. The minimum absolute atomic E-state index is 0.0882. The SMILES string of the molecule is CC(C)NC1=NS(=O)(=O)c2cc(Cl)ccc2N1. The van der Waals surface area contributed by atoms with Gasteiger partial charge in [0.2, 0.25) is 5.96 Å². The van der Waals surface area contributed by atoms with Crippen molar-refractivity contribution < 1.29 is 8.42 Å². The number of benzene rings is 1. The minimum Gasteiger partial charge on any atom is -0.353 e. The van der Waals surface area contributed by atoms with Gasteiger partial charge in [-0.25, -0.2) is 0 Å². The number of nitrogens with zero attached hydrogens (tertiary/aromatic N) is 1. The second-order valence-corrected chi connectivity index (χ2v) is 5.99. The number of guanidine groups is 1. The van der Waals surface area contributed by atoms with Crippen LogP contribution in [-0.4, -0.2) is 20.4 Å². The van der Waals surface area contributed by atoms with Gasteiger partial charge in [-0.2, -0.15) is 8.42 Å². The normalized spacial score (nSPS) is 17.1. The molecule has 1 heterocycles. The van der Waals surface area contributed by atoms with Gasteiger partial charge in [0.15, 0.2) is 0 Å². The molecule has 2 N–H and O–H groups in total. The second-order valence-electron chi connectivity index (χ2n) is 3.98. The van der Waals surface area contributed by atoms with Crippen LogP contribution < -0.4 is 10.6 Å². The maximum Gasteiger partial charge on any atom is 0.287 e. The summed E-state index contributed by atoms with van der Waals surface area (Å²) in [4.78, 5) is 0.0966. The number of rotatable bonds is 1. The van der Waals surface area contributed by atoms with Crippen LogP contribution in [0.15, 0.2) is 27.5 Å². The van der Waals surface area contributed by atoms with E-state index >= 15 is 0 Å². The molecule has 1 aromatic carbocycles. The van der Waals surface area contributed by atoms with Crippen LogP contribution in [0.1, 0.15) is 13.8 Å². The Labute approximate surface area is 105 Å². The van der Waals surface area contributed by atoms with E-state index in [4.69, 9.17) is 11.6 Å². The quantitative estimate of drug-likeness (QED) is 0.819. The summed E-state index contributed by atoms with van der Waals surface area (Å²) in [7, 11) is -3.68. The zero-order valence-electron chi connectivity index (χ0n) is 9.36. The Morgan fingerprint density at radius 2 is 2.12 bits per heavy atom. The lowest BCUT2D eigenvalue weighted by molar-refractivity contribution is 0.597. The van der Waals surface area contributed by atoms with E-state index in [0.717, 1.165) is 0 Å². The first-order valence-electron chi connectivity index (χ1n) is 5.06. The molecule has 5 nitrogen and oxygen atoms in total. The van der Waals surface area contributed by atoms with Crippen molar-refractivity contribution in [2.45, 2.75) is 24.8 Å². The standard InChI is InChI=1S/C10H12ClN3O2S/c1-6(2)12-10-13-8-4-3-7(11)5-9(8)17(15,16)14-10/h3-6H,1-2H3,(H2,12,13,14). The topological polar surface area (TPSA) is 70.6 Å². The van der Waals surface area contributed by atoms with Crippen LogP contribution >= 0.6 is 11.6 Å². The van der Waals surface area contributed by atoms with Crippen molar-refractivity contribution in [3.8, 4) is 0 Å². The zero-order chi connectivity index (χ0) is 12.6. The number of fused-ring (bicyclic) bond motifs is 1. The molecular weight excluding hydrogens is 262 g/mol. The molecule has 0 fully saturated rings. The third kappa shape index (κ3) is 2.53. The van der Waals surface area contributed by atoms with Crippen molar-refractivity contribution >= 4 is 33.3 Å². The molecule has 0 radical (unpaired) electrons. The van der Waals surface area contributed by atoms with E-state index in [2.05, 4.69) is 15.0 Å². The van der Waals surface area contributed by atoms with E-state index in [9.17, 15) is 8.42 Å². The first kappa shape index (κ1) is 12.2. The summed E-state index contributed by atoms with van der Waals surface area (Å²) < 4.78 is 27.4. The van der Waals surface area contributed by atoms with Crippen molar-refractivity contribution in [2.75, 3.05) is 5.32 Å². The second kappa shape index (κ2) is 4.19. The predicted octanol–water partition coefficient (Wildman–Crippen LogP) is 1.81. The molecule has 0 aromatic heterocycles. The van der Waals surface area contributed by atoms with Crippen LogP contribution in [0.2, 0.25) is 5.02 Å². The minimum atomic E-state index is -3.68. The van der Waals surface area contributed by atoms with Gasteiger partial charge in [0.1, 0.15) is 4.90 Å². The highest BCUT2D eigenvalue weighted by atomic mass is 35.5. The Hall–Kier alpha value is -1.27. The lowest BCUT2D eigenvalue weighted by atomic mass is 10.3. The molecule has 92 valence electrons. The summed E-state index contributed by atoms with van der Waals surface area (Å²) in [6, 6.07) is 4.72. The van der Waals surface area contributed by atoms with Gasteiger partial charge in [-0.05, 0) is 32.0 Å². The third-order valence-electron chi connectivity index (χ3n) is 2.11. The number of sulfonamides is 1. The third-order valence-corrected chi connectivity index (χ3v) is 3.66. The number of hydrogen-bond acceptors (Lipinski definition) is 4. The van der Waals surface area contributed by atoms with Crippen LogP contribution in [0.5, 0.6) is 0 Å². The van der Waals surface area contributed by atoms with Crippen LogP contribution in [0.4, 0.5) is 5.69 Å². The van der Waals surface area contributed by atoms with Gasteiger partial charge in [-0.3, -0.25) is 0 Å². The number of hydrogen-bond donors (Lipinski definition) is 2. The Morgan fingerprint density at radius 3 is 2.76 bits per heavy atom. The molecule has 1 aliphatic rings. The number of halogens is 1. The van der Waals surface area contributed by atoms with Gasteiger partial charge in [-0.15, -0.1) is 4.40 Å². The summed E-state index contributed by atoms with van der Waals surface area (Å²) in [6.07, 6.45) is 0. The molecule has 2 rings (SSSR count). The molecule has 1 aliphatic heterocycles. The molecule has 0 saturated heterocycles. The summed E-state index contributed by atoms with van der Waals surface area (Å²) in [5.74, 6) is 0.231. The highest BCUT2D eigenvalue weighted by molar-refractivity contribution is 7.90. The van der Waals surface area contributed by atoms with Crippen LogP contribution in [0.25, 0.3) is 0 Å². The molecule has 0 spiro atoms. The highest BCUT2D eigenvalue weighted by Gasteiger charge is 2.25. The summed E-state index contributed by atoms with van der Waals surface area (Å²) >= 11 is 5.77. The Kier molecular flexibility index (Phi) is 3.01. The lowest BCUT2D eigenvalue weighted by Crippen LogP contribution is -2.38. The molecule has 0 amide bonds. The van der Waals surface area contributed by atoms with Crippen molar-refractivity contribution in [3.63, 3.8) is 0 Å². The molecule has 1 aromatic rings. The molecule has 0 atom stereocenters. The van der Waals surface area contributed by atoms with Gasteiger partial charge in [-0.1, -0.05) is 11.6 Å². The fourth-order valence-corrected chi connectivity index (χ4v) is 2.82.